The summed E-state index contributed by atoms with van der Waals surface area (Å²) in [4.78, 5) is 0. The Morgan fingerprint density at radius 3 is 2.29 bits per heavy atom. The van der Waals surface area contributed by atoms with Crippen LogP contribution in [0, 0.1) is 5.82 Å². The Bertz CT molecular complexity index is 562. The third-order valence-corrected chi connectivity index (χ3v) is 4.00. The van der Waals surface area contributed by atoms with Crippen LogP contribution in [0.2, 0.25) is 0 Å². The largest absolute Gasteiger partial charge is 0.303 e. The number of halogens is 1. The zero-order chi connectivity index (χ0) is 15.2. The maximum atomic E-state index is 13.3. The van der Waals surface area contributed by atoms with Crippen molar-refractivity contribution in [1.29, 1.82) is 0 Å². The molecule has 1 nitrogen and oxygen atoms in total. The monoisotopic (exact) mass is 285 g/mol. The van der Waals surface area contributed by atoms with E-state index in [9.17, 15) is 4.39 Å². The Kier molecular flexibility index (Phi) is 5.51. The smallest absolute Gasteiger partial charge is 0.123 e. The van der Waals surface area contributed by atoms with Gasteiger partial charge in [-0.1, -0.05) is 50.2 Å². The zero-order valence-electron chi connectivity index (χ0n) is 13.1. The van der Waals surface area contributed by atoms with Crippen LogP contribution in [0.15, 0.2) is 48.5 Å². The van der Waals surface area contributed by atoms with Gasteiger partial charge >= 0.3 is 0 Å². The lowest BCUT2D eigenvalue weighted by molar-refractivity contribution is 0.454. The van der Waals surface area contributed by atoms with Crippen molar-refractivity contribution in [3.63, 3.8) is 0 Å². The number of rotatable bonds is 6. The molecule has 0 spiro atoms. The summed E-state index contributed by atoms with van der Waals surface area (Å²) in [7, 11) is 0. The normalized spacial score (nSPS) is 13.9. The van der Waals surface area contributed by atoms with Crippen molar-refractivity contribution in [2.24, 2.45) is 0 Å². The van der Waals surface area contributed by atoms with Crippen LogP contribution in [-0.4, -0.2) is 0 Å². The van der Waals surface area contributed by atoms with E-state index >= 15 is 0 Å². The third-order valence-electron chi connectivity index (χ3n) is 4.00. The maximum Gasteiger partial charge on any atom is 0.123 e. The Morgan fingerprint density at radius 2 is 1.71 bits per heavy atom. The standard InChI is InChI=1S/C19H24FN/c1-4-15-9-11-16(12-10-15)19(5-2)21-14(3)17-7-6-8-18(20)13-17/h6-14,19,21H,4-5H2,1-3H3/t14-,19?/m1/s1. The minimum atomic E-state index is -0.179. The van der Waals surface area contributed by atoms with Crippen molar-refractivity contribution in [1.82, 2.24) is 5.32 Å². The number of benzene rings is 2. The van der Waals surface area contributed by atoms with Gasteiger partial charge in [-0.15, -0.1) is 0 Å². The first-order valence-corrected chi connectivity index (χ1v) is 7.74. The molecule has 0 radical (unpaired) electrons. The minimum absolute atomic E-state index is 0.122. The summed E-state index contributed by atoms with van der Waals surface area (Å²) in [5.41, 5.74) is 3.63. The van der Waals surface area contributed by atoms with Gasteiger partial charge in [-0.05, 0) is 48.6 Å². The molecule has 0 saturated carbocycles. The molecule has 0 fully saturated rings. The second-order valence-corrected chi connectivity index (χ2v) is 5.50. The van der Waals surface area contributed by atoms with Gasteiger partial charge in [0.05, 0.1) is 0 Å². The molecule has 2 heteroatoms. The van der Waals surface area contributed by atoms with Crippen LogP contribution in [-0.2, 0) is 6.42 Å². The van der Waals surface area contributed by atoms with Crippen molar-refractivity contribution >= 4 is 0 Å². The first kappa shape index (κ1) is 15.7. The maximum absolute atomic E-state index is 13.3. The Balaban J connectivity index is 2.10. The van der Waals surface area contributed by atoms with Gasteiger partial charge in [0.2, 0.25) is 0 Å². The minimum Gasteiger partial charge on any atom is -0.303 e. The lowest BCUT2D eigenvalue weighted by atomic mass is 9.99. The molecule has 0 aliphatic heterocycles. The highest BCUT2D eigenvalue weighted by atomic mass is 19.1. The summed E-state index contributed by atoms with van der Waals surface area (Å²) in [5.74, 6) is -0.179. The second kappa shape index (κ2) is 7.37. The molecule has 1 unspecified atom stereocenters. The average Bonchev–Trinajstić information content (AvgIpc) is 2.52. The van der Waals surface area contributed by atoms with Crippen molar-refractivity contribution in [2.75, 3.05) is 0 Å². The van der Waals surface area contributed by atoms with E-state index < -0.39 is 0 Å². The lowest BCUT2D eigenvalue weighted by Crippen LogP contribution is -2.24. The number of nitrogens with one attached hydrogen (secondary N) is 1. The van der Waals surface area contributed by atoms with Crippen LogP contribution in [0.5, 0.6) is 0 Å². The highest BCUT2D eigenvalue weighted by molar-refractivity contribution is 5.26. The molecule has 0 amide bonds. The van der Waals surface area contributed by atoms with E-state index in [1.165, 1.54) is 17.2 Å². The molecule has 0 aliphatic rings. The summed E-state index contributed by atoms with van der Waals surface area (Å²) >= 11 is 0. The van der Waals surface area contributed by atoms with Gasteiger partial charge in [-0.3, -0.25) is 0 Å². The number of aryl methyl sites for hydroxylation is 1. The summed E-state index contributed by atoms with van der Waals surface area (Å²) in [6.45, 7) is 6.41. The molecule has 0 saturated heterocycles. The molecule has 0 heterocycles. The van der Waals surface area contributed by atoms with Crippen molar-refractivity contribution in [2.45, 2.75) is 45.7 Å². The van der Waals surface area contributed by atoms with Gasteiger partial charge < -0.3 is 5.32 Å². The molecule has 2 atom stereocenters. The molecule has 0 aromatic heterocycles. The molecular formula is C19H24FN. The fourth-order valence-corrected chi connectivity index (χ4v) is 2.61. The molecule has 2 aromatic rings. The zero-order valence-corrected chi connectivity index (χ0v) is 13.1. The molecular weight excluding hydrogens is 261 g/mol. The van der Waals surface area contributed by atoms with Gasteiger partial charge in [0, 0.05) is 12.1 Å². The summed E-state index contributed by atoms with van der Waals surface area (Å²) in [6, 6.07) is 16.0. The topological polar surface area (TPSA) is 12.0 Å². The van der Waals surface area contributed by atoms with E-state index in [0.29, 0.717) is 0 Å². The van der Waals surface area contributed by atoms with Crippen molar-refractivity contribution in [3.05, 3.63) is 71.0 Å². The number of hydrogen-bond donors (Lipinski definition) is 1. The van der Waals surface area contributed by atoms with E-state index in [4.69, 9.17) is 0 Å². The fourth-order valence-electron chi connectivity index (χ4n) is 2.61. The van der Waals surface area contributed by atoms with Crippen LogP contribution in [0.1, 0.15) is 56.0 Å². The highest BCUT2D eigenvalue weighted by Crippen LogP contribution is 2.23. The summed E-state index contributed by atoms with van der Waals surface area (Å²) < 4.78 is 13.3. The molecule has 2 aromatic carbocycles. The molecule has 21 heavy (non-hydrogen) atoms. The molecule has 1 N–H and O–H groups in total. The van der Waals surface area contributed by atoms with Gasteiger partial charge in [0.15, 0.2) is 0 Å². The van der Waals surface area contributed by atoms with Crippen LogP contribution in [0.3, 0.4) is 0 Å². The van der Waals surface area contributed by atoms with Gasteiger partial charge in [-0.2, -0.15) is 0 Å². The van der Waals surface area contributed by atoms with Crippen LogP contribution < -0.4 is 5.32 Å². The first-order valence-electron chi connectivity index (χ1n) is 7.74. The SMILES string of the molecule is CCc1ccc(C(CC)N[C@H](C)c2cccc(F)c2)cc1. The Morgan fingerprint density at radius 1 is 1.00 bits per heavy atom. The summed E-state index contributed by atoms with van der Waals surface area (Å²) in [5, 5.41) is 3.60. The summed E-state index contributed by atoms with van der Waals surface area (Å²) in [6.07, 6.45) is 2.06. The quantitative estimate of drug-likeness (QED) is 0.770. The Hall–Kier alpha value is -1.67. The van der Waals surface area contributed by atoms with Crippen molar-refractivity contribution < 1.29 is 4.39 Å². The van der Waals surface area contributed by atoms with E-state index in [1.807, 2.05) is 6.07 Å². The fraction of sp³-hybridized carbons (Fsp3) is 0.368. The van der Waals surface area contributed by atoms with Crippen LogP contribution >= 0.6 is 0 Å². The molecule has 2 rings (SSSR count). The van der Waals surface area contributed by atoms with Gasteiger partial charge in [0.1, 0.15) is 5.82 Å². The van der Waals surface area contributed by atoms with E-state index in [1.54, 1.807) is 12.1 Å². The number of hydrogen-bond acceptors (Lipinski definition) is 1. The average molecular weight is 285 g/mol. The van der Waals surface area contributed by atoms with E-state index in [0.717, 1.165) is 18.4 Å². The first-order chi connectivity index (χ1) is 10.1. The van der Waals surface area contributed by atoms with Gasteiger partial charge in [-0.25, -0.2) is 4.39 Å². The van der Waals surface area contributed by atoms with E-state index in [-0.39, 0.29) is 17.9 Å². The highest BCUT2D eigenvalue weighted by Gasteiger charge is 2.14. The molecule has 0 bridgehead atoms. The third kappa shape index (κ3) is 4.15. The van der Waals surface area contributed by atoms with Crippen LogP contribution in [0.25, 0.3) is 0 Å². The van der Waals surface area contributed by atoms with Crippen molar-refractivity contribution in [3.8, 4) is 0 Å². The van der Waals surface area contributed by atoms with Gasteiger partial charge in [0.25, 0.3) is 0 Å². The predicted octanol–water partition coefficient (Wildman–Crippen LogP) is 5.19. The lowest BCUT2D eigenvalue weighted by Gasteiger charge is -2.23. The second-order valence-electron chi connectivity index (χ2n) is 5.50. The van der Waals surface area contributed by atoms with E-state index in [2.05, 4.69) is 50.4 Å². The predicted molar refractivity (Wildman–Crippen MR) is 86.8 cm³/mol. The van der Waals surface area contributed by atoms with Crippen LogP contribution in [0.4, 0.5) is 4.39 Å². The molecule has 0 aliphatic carbocycles. The Labute approximate surface area is 127 Å². The molecule has 112 valence electrons.